The Morgan fingerprint density at radius 1 is 0.917 bits per heavy atom. The third kappa shape index (κ3) is 4.97. The SMILES string of the molecule is CN(c1cccc2ccccc12)c1nc2cnc(N[C@H]3CC[C@H](N)CC3)nc2n1C1CCCC1.Cl.Cl. The molecular formula is C27H35Cl2N7. The lowest BCUT2D eigenvalue weighted by molar-refractivity contribution is 0.410. The van der Waals surface area contributed by atoms with E-state index in [1.54, 1.807) is 0 Å². The quantitative estimate of drug-likeness (QED) is 0.312. The van der Waals surface area contributed by atoms with E-state index in [1.807, 2.05) is 6.20 Å². The van der Waals surface area contributed by atoms with Crippen LogP contribution in [-0.2, 0) is 0 Å². The van der Waals surface area contributed by atoms with Gasteiger partial charge in [-0.3, -0.25) is 4.57 Å². The van der Waals surface area contributed by atoms with Crippen LogP contribution in [0, 0.1) is 0 Å². The molecule has 36 heavy (non-hydrogen) atoms. The molecule has 0 amide bonds. The summed E-state index contributed by atoms with van der Waals surface area (Å²) in [5.41, 5.74) is 9.02. The number of imidazole rings is 1. The molecule has 0 spiro atoms. The average molecular weight is 529 g/mol. The van der Waals surface area contributed by atoms with E-state index in [4.69, 9.17) is 15.7 Å². The molecule has 0 saturated heterocycles. The molecule has 3 N–H and O–H groups in total. The average Bonchev–Trinajstić information content (AvgIpc) is 3.52. The zero-order valence-corrected chi connectivity index (χ0v) is 22.3. The van der Waals surface area contributed by atoms with Crippen molar-refractivity contribution in [1.82, 2.24) is 19.5 Å². The topological polar surface area (TPSA) is 84.9 Å². The Balaban J connectivity index is 0.00000152. The molecule has 7 nitrogen and oxygen atoms in total. The molecule has 0 radical (unpaired) electrons. The summed E-state index contributed by atoms with van der Waals surface area (Å²) < 4.78 is 2.37. The summed E-state index contributed by atoms with van der Waals surface area (Å²) in [6, 6.07) is 16.1. The van der Waals surface area contributed by atoms with Crippen LogP contribution in [0.1, 0.15) is 57.4 Å². The van der Waals surface area contributed by atoms with Gasteiger partial charge in [0.05, 0.1) is 11.9 Å². The van der Waals surface area contributed by atoms with Crippen LogP contribution in [0.15, 0.2) is 48.7 Å². The molecule has 2 aromatic carbocycles. The molecule has 192 valence electrons. The van der Waals surface area contributed by atoms with Crippen molar-refractivity contribution in [2.75, 3.05) is 17.3 Å². The van der Waals surface area contributed by atoms with Crippen LogP contribution in [0.2, 0.25) is 0 Å². The fraction of sp³-hybridized carbons (Fsp3) is 0.444. The number of anilines is 3. The fourth-order valence-electron chi connectivity index (χ4n) is 5.74. The maximum Gasteiger partial charge on any atom is 0.224 e. The molecule has 2 aliphatic rings. The number of rotatable bonds is 5. The van der Waals surface area contributed by atoms with E-state index in [1.165, 1.54) is 23.6 Å². The fourth-order valence-corrected chi connectivity index (χ4v) is 5.74. The van der Waals surface area contributed by atoms with E-state index in [2.05, 4.69) is 69.3 Å². The van der Waals surface area contributed by atoms with Crippen LogP contribution in [0.25, 0.3) is 21.9 Å². The van der Waals surface area contributed by atoms with Crippen molar-refractivity contribution in [1.29, 1.82) is 0 Å². The van der Waals surface area contributed by atoms with Gasteiger partial charge >= 0.3 is 0 Å². The first-order chi connectivity index (χ1) is 16.7. The minimum absolute atomic E-state index is 0. The molecular weight excluding hydrogens is 493 g/mol. The zero-order chi connectivity index (χ0) is 23.1. The van der Waals surface area contributed by atoms with Crippen molar-refractivity contribution in [2.24, 2.45) is 5.73 Å². The predicted molar refractivity (Wildman–Crippen MR) is 153 cm³/mol. The first kappa shape index (κ1) is 26.5. The highest BCUT2D eigenvalue weighted by atomic mass is 35.5. The second-order valence-electron chi connectivity index (χ2n) is 9.94. The summed E-state index contributed by atoms with van der Waals surface area (Å²) in [7, 11) is 2.12. The second kappa shape index (κ2) is 11.2. The highest BCUT2D eigenvalue weighted by Gasteiger charge is 2.27. The lowest BCUT2D eigenvalue weighted by Gasteiger charge is -2.27. The summed E-state index contributed by atoms with van der Waals surface area (Å²) in [6.07, 6.45) is 11.0. The monoisotopic (exact) mass is 527 g/mol. The normalized spacial score (nSPS) is 20.2. The van der Waals surface area contributed by atoms with E-state index < -0.39 is 0 Å². The number of nitrogens with zero attached hydrogens (tertiary/aromatic N) is 5. The standard InChI is InChI=1S/C27H33N7.2ClH/c1-33(24-12-6-8-18-7-2-5-11-22(18)24)27-31-23-17-29-26(30-20-15-13-19(28)14-16-20)32-25(23)34(27)21-9-3-4-10-21;;/h2,5-8,11-12,17,19-21H,3-4,9-10,13-16,28H2,1H3,(H,29,30,32);2*1H/t19-,20-;;. The third-order valence-electron chi connectivity index (χ3n) is 7.64. The summed E-state index contributed by atoms with van der Waals surface area (Å²) in [6.45, 7) is 0. The number of hydrogen-bond donors (Lipinski definition) is 2. The predicted octanol–water partition coefficient (Wildman–Crippen LogP) is 6.39. The number of hydrogen-bond acceptors (Lipinski definition) is 6. The lowest BCUT2D eigenvalue weighted by atomic mass is 9.92. The van der Waals surface area contributed by atoms with Gasteiger partial charge in [0.1, 0.15) is 5.52 Å². The Bertz CT molecular complexity index is 1300. The Morgan fingerprint density at radius 2 is 1.64 bits per heavy atom. The molecule has 6 rings (SSSR count). The molecule has 2 saturated carbocycles. The van der Waals surface area contributed by atoms with Gasteiger partial charge in [-0.25, -0.2) is 9.97 Å². The molecule has 0 aliphatic heterocycles. The van der Waals surface area contributed by atoms with Gasteiger partial charge in [0.15, 0.2) is 5.65 Å². The largest absolute Gasteiger partial charge is 0.351 e. The molecule has 4 aromatic rings. The summed E-state index contributed by atoms with van der Waals surface area (Å²) in [4.78, 5) is 16.9. The van der Waals surface area contributed by atoms with Gasteiger partial charge in [-0.05, 0) is 50.0 Å². The van der Waals surface area contributed by atoms with Crippen LogP contribution in [0.5, 0.6) is 0 Å². The lowest BCUT2D eigenvalue weighted by Crippen LogP contribution is -2.33. The second-order valence-corrected chi connectivity index (χ2v) is 9.94. The first-order valence-electron chi connectivity index (χ1n) is 12.7. The van der Waals surface area contributed by atoms with Gasteiger partial charge in [-0.1, -0.05) is 49.2 Å². The van der Waals surface area contributed by atoms with Gasteiger partial charge < -0.3 is 16.0 Å². The zero-order valence-electron chi connectivity index (χ0n) is 20.6. The summed E-state index contributed by atoms with van der Waals surface area (Å²) in [5, 5.41) is 6.03. The smallest absolute Gasteiger partial charge is 0.224 e. The highest BCUT2D eigenvalue weighted by Crippen LogP contribution is 2.39. The Labute approximate surface area is 224 Å². The molecule has 0 bridgehead atoms. The van der Waals surface area contributed by atoms with Gasteiger partial charge in [0, 0.05) is 30.6 Å². The van der Waals surface area contributed by atoms with Crippen LogP contribution in [-0.4, -0.2) is 38.7 Å². The van der Waals surface area contributed by atoms with E-state index in [0.29, 0.717) is 24.1 Å². The van der Waals surface area contributed by atoms with Crippen LogP contribution < -0.4 is 16.0 Å². The molecule has 2 aromatic heterocycles. The number of fused-ring (bicyclic) bond motifs is 2. The summed E-state index contributed by atoms with van der Waals surface area (Å²) in [5.74, 6) is 1.64. The van der Waals surface area contributed by atoms with Gasteiger partial charge in [-0.2, -0.15) is 4.98 Å². The Kier molecular flexibility index (Phi) is 8.23. The maximum absolute atomic E-state index is 6.09. The molecule has 0 atom stereocenters. The maximum atomic E-state index is 6.09. The highest BCUT2D eigenvalue weighted by molar-refractivity contribution is 5.96. The van der Waals surface area contributed by atoms with E-state index in [0.717, 1.165) is 61.3 Å². The molecule has 2 aliphatic carbocycles. The number of aromatic nitrogens is 4. The number of benzene rings is 2. The molecule has 9 heteroatoms. The van der Waals surface area contributed by atoms with E-state index in [-0.39, 0.29) is 24.8 Å². The van der Waals surface area contributed by atoms with Crippen molar-refractivity contribution in [2.45, 2.75) is 69.5 Å². The van der Waals surface area contributed by atoms with E-state index in [9.17, 15) is 0 Å². The molecule has 2 heterocycles. The van der Waals surface area contributed by atoms with Crippen LogP contribution in [0.4, 0.5) is 17.6 Å². The van der Waals surface area contributed by atoms with Crippen molar-refractivity contribution >= 4 is 64.3 Å². The molecule has 2 fully saturated rings. The van der Waals surface area contributed by atoms with Gasteiger partial charge in [0.25, 0.3) is 0 Å². The Morgan fingerprint density at radius 3 is 2.42 bits per heavy atom. The Hall–Kier alpha value is -2.61. The van der Waals surface area contributed by atoms with Gasteiger partial charge in [0.2, 0.25) is 11.9 Å². The minimum atomic E-state index is 0. The van der Waals surface area contributed by atoms with Crippen LogP contribution in [0.3, 0.4) is 0 Å². The van der Waals surface area contributed by atoms with Crippen molar-refractivity contribution in [3.8, 4) is 0 Å². The first-order valence-corrected chi connectivity index (χ1v) is 12.7. The van der Waals surface area contributed by atoms with Crippen molar-refractivity contribution < 1.29 is 0 Å². The van der Waals surface area contributed by atoms with E-state index >= 15 is 0 Å². The van der Waals surface area contributed by atoms with Crippen molar-refractivity contribution in [3.05, 3.63) is 48.7 Å². The number of nitrogens with one attached hydrogen (secondary N) is 1. The number of nitrogens with two attached hydrogens (primary N) is 1. The minimum Gasteiger partial charge on any atom is -0.351 e. The third-order valence-corrected chi connectivity index (χ3v) is 7.64. The van der Waals surface area contributed by atoms with Gasteiger partial charge in [-0.15, -0.1) is 24.8 Å². The van der Waals surface area contributed by atoms with Crippen LogP contribution >= 0.6 is 24.8 Å². The molecule has 0 unspecified atom stereocenters. The van der Waals surface area contributed by atoms with Crippen molar-refractivity contribution in [3.63, 3.8) is 0 Å². The number of halogens is 2. The summed E-state index contributed by atoms with van der Waals surface area (Å²) >= 11 is 0.